The first-order chi connectivity index (χ1) is 16.5. The minimum atomic E-state index is -0.443. The van der Waals surface area contributed by atoms with Crippen molar-refractivity contribution in [1.29, 1.82) is 0 Å². The summed E-state index contributed by atoms with van der Waals surface area (Å²) < 4.78 is 29.4. The first kappa shape index (κ1) is 24.1. The lowest BCUT2D eigenvalue weighted by molar-refractivity contribution is -0.144. The monoisotopic (exact) mass is 472 g/mol. The van der Waals surface area contributed by atoms with Gasteiger partial charge >= 0.3 is 0 Å². The highest BCUT2D eigenvalue weighted by Crippen LogP contribution is 2.33. The number of rotatable bonds is 9. The van der Waals surface area contributed by atoms with Crippen LogP contribution in [0.4, 0.5) is 4.39 Å². The van der Waals surface area contributed by atoms with E-state index in [9.17, 15) is 14.0 Å². The maximum Gasteiger partial charge on any atom is 0.262 e. The van der Waals surface area contributed by atoms with Crippen LogP contribution in [0.15, 0.2) is 52.2 Å². The molecule has 1 saturated heterocycles. The quantitative estimate of drug-likeness (QED) is 0.554. The highest BCUT2D eigenvalue weighted by Gasteiger charge is 2.36. The molecule has 0 radical (unpaired) electrons. The van der Waals surface area contributed by atoms with E-state index in [2.05, 4.69) is 10.0 Å². The van der Waals surface area contributed by atoms with Gasteiger partial charge in [-0.25, -0.2) is 9.40 Å². The van der Waals surface area contributed by atoms with E-state index in [0.29, 0.717) is 44.2 Å². The van der Waals surface area contributed by atoms with Crippen LogP contribution in [-0.2, 0) is 19.1 Å². The number of halogens is 1. The molecule has 0 aliphatic carbocycles. The lowest BCUT2D eigenvalue weighted by atomic mass is 10.0. The Kier molecular flexibility index (Phi) is 8.04. The number of carbonyl (C=O) groups excluding carboxylic acids is 2. The van der Waals surface area contributed by atoms with Crippen LogP contribution in [-0.4, -0.2) is 92.0 Å². The van der Waals surface area contributed by atoms with Crippen molar-refractivity contribution in [3.63, 3.8) is 0 Å². The average Bonchev–Trinajstić information content (AvgIpc) is 3.53. The fourth-order valence-electron chi connectivity index (χ4n) is 4.09. The van der Waals surface area contributed by atoms with Crippen LogP contribution in [0.25, 0.3) is 0 Å². The topological polar surface area (TPSA) is 87.8 Å². The normalized spacial score (nSPS) is 18.7. The molecule has 2 aliphatic heterocycles. The molecule has 2 aliphatic rings. The molecular weight excluding hydrogens is 443 g/mol. The number of morpholine rings is 1. The first-order valence-corrected chi connectivity index (χ1v) is 11.3. The first-order valence-electron chi connectivity index (χ1n) is 11.3. The summed E-state index contributed by atoms with van der Waals surface area (Å²) in [6.07, 6.45) is 1.97. The van der Waals surface area contributed by atoms with E-state index in [-0.39, 0.29) is 30.8 Å². The number of hydrazone groups is 1. The number of hydrogen-bond acceptors (Lipinski definition) is 7. The summed E-state index contributed by atoms with van der Waals surface area (Å²) in [5.74, 6) is -0.340. The van der Waals surface area contributed by atoms with Gasteiger partial charge in [-0.2, -0.15) is 5.10 Å². The molecule has 0 saturated carbocycles. The van der Waals surface area contributed by atoms with Crippen molar-refractivity contribution in [3.05, 3.63) is 59.8 Å². The van der Waals surface area contributed by atoms with E-state index in [4.69, 9.17) is 13.9 Å². The average molecular weight is 473 g/mol. The molecule has 0 N–H and O–H groups in total. The molecule has 0 bridgehead atoms. The standard InChI is InChI=1S/C24H29FN4O5/c1-32-17-24(31)28(9-8-27-10-13-33-14-11-27)16-23(30)29-21(22-3-2-12-34-22)15-20(26-29)18-4-6-19(25)7-5-18/h2-7,12,21H,8-11,13-17H2,1H3. The Morgan fingerprint density at radius 1 is 1.21 bits per heavy atom. The van der Waals surface area contributed by atoms with Gasteiger partial charge in [0.1, 0.15) is 30.8 Å². The Hall–Kier alpha value is -3.08. The molecule has 3 heterocycles. The van der Waals surface area contributed by atoms with Crippen molar-refractivity contribution in [2.24, 2.45) is 5.10 Å². The SMILES string of the molecule is COCC(=O)N(CCN1CCOCC1)CC(=O)N1N=C(c2ccc(F)cc2)CC1c1ccco1. The van der Waals surface area contributed by atoms with E-state index >= 15 is 0 Å². The molecule has 1 unspecified atom stereocenters. The van der Waals surface area contributed by atoms with Crippen LogP contribution in [0.5, 0.6) is 0 Å². The summed E-state index contributed by atoms with van der Waals surface area (Å²) in [6, 6.07) is 9.10. The van der Waals surface area contributed by atoms with Gasteiger partial charge in [-0.1, -0.05) is 12.1 Å². The molecule has 9 nitrogen and oxygen atoms in total. The van der Waals surface area contributed by atoms with Gasteiger partial charge in [0.05, 0.1) is 25.2 Å². The number of nitrogens with zero attached hydrogens (tertiary/aromatic N) is 4. The minimum absolute atomic E-state index is 0.109. The molecule has 2 amide bonds. The third-order valence-electron chi connectivity index (χ3n) is 5.95. The summed E-state index contributed by atoms with van der Waals surface area (Å²) in [4.78, 5) is 29.8. The predicted molar refractivity (Wildman–Crippen MR) is 122 cm³/mol. The lowest BCUT2D eigenvalue weighted by Crippen LogP contribution is -2.47. The van der Waals surface area contributed by atoms with E-state index in [1.54, 1.807) is 30.5 Å². The Morgan fingerprint density at radius 3 is 2.65 bits per heavy atom. The highest BCUT2D eigenvalue weighted by molar-refractivity contribution is 6.03. The van der Waals surface area contributed by atoms with Crippen LogP contribution in [0.2, 0.25) is 0 Å². The molecule has 1 aromatic carbocycles. The number of amides is 2. The number of carbonyl (C=O) groups is 2. The second-order valence-electron chi connectivity index (χ2n) is 8.23. The van der Waals surface area contributed by atoms with Gasteiger partial charge in [-0.05, 0) is 29.8 Å². The zero-order chi connectivity index (χ0) is 23.9. The van der Waals surface area contributed by atoms with Gasteiger partial charge in [0.15, 0.2) is 0 Å². The van der Waals surface area contributed by atoms with Crippen molar-refractivity contribution in [2.45, 2.75) is 12.5 Å². The zero-order valence-electron chi connectivity index (χ0n) is 19.2. The number of hydrogen-bond donors (Lipinski definition) is 0. The van der Waals surface area contributed by atoms with Gasteiger partial charge in [0.2, 0.25) is 5.91 Å². The van der Waals surface area contributed by atoms with Crippen molar-refractivity contribution in [1.82, 2.24) is 14.8 Å². The second kappa shape index (κ2) is 11.4. The van der Waals surface area contributed by atoms with Crippen LogP contribution in [0.1, 0.15) is 23.8 Å². The second-order valence-corrected chi connectivity index (χ2v) is 8.23. The lowest BCUT2D eigenvalue weighted by Gasteiger charge is -2.30. The molecular formula is C24H29FN4O5. The van der Waals surface area contributed by atoms with Gasteiger partial charge < -0.3 is 18.8 Å². The van der Waals surface area contributed by atoms with Crippen molar-refractivity contribution in [3.8, 4) is 0 Å². The smallest absolute Gasteiger partial charge is 0.262 e. The summed E-state index contributed by atoms with van der Waals surface area (Å²) in [5.41, 5.74) is 1.38. The largest absolute Gasteiger partial charge is 0.467 e. The Balaban J connectivity index is 1.50. The molecule has 1 atom stereocenters. The summed E-state index contributed by atoms with van der Waals surface area (Å²) >= 11 is 0. The number of ether oxygens (including phenoxy) is 2. The van der Waals surface area contributed by atoms with Crippen LogP contribution in [0, 0.1) is 5.82 Å². The van der Waals surface area contributed by atoms with Crippen molar-refractivity contribution in [2.75, 3.05) is 59.7 Å². The van der Waals surface area contributed by atoms with E-state index in [0.717, 1.165) is 18.7 Å². The Morgan fingerprint density at radius 2 is 1.97 bits per heavy atom. The molecule has 10 heteroatoms. The van der Waals surface area contributed by atoms with E-state index < -0.39 is 6.04 Å². The van der Waals surface area contributed by atoms with E-state index in [1.807, 2.05) is 0 Å². The number of methoxy groups -OCH3 is 1. The van der Waals surface area contributed by atoms with Gasteiger partial charge in [-0.15, -0.1) is 0 Å². The molecule has 1 aromatic heterocycles. The zero-order valence-corrected chi connectivity index (χ0v) is 19.2. The predicted octanol–water partition coefficient (Wildman–Crippen LogP) is 1.90. The Bertz CT molecular complexity index is 989. The van der Waals surface area contributed by atoms with Gasteiger partial charge in [0.25, 0.3) is 5.91 Å². The van der Waals surface area contributed by atoms with Crippen LogP contribution < -0.4 is 0 Å². The van der Waals surface area contributed by atoms with Gasteiger partial charge in [0, 0.05) is 39.7 Å². The maximum atomic E-state index is 13.4. The molecule has 34 heavy (non-hydrogen) atoms. The third-order valence-corrected chi connectivity index (χ3v) is 5.95. The molecule has 4 rings (SSSR count). The molecule has 2 aromatic rings. The van der Waals surface area contributed by atoms with Crippen molar-refractivity contribution < 1.29 is 27.9 Å². The van der Waals surface area contributed by atoms with Crippen molar-refractivity contribution >= 4 is 17.5 Å². The Labute approximate surface area is 197 Å². The molecule has 0 spiro atoms. The molecule has 1 fully saturated rings. The van der Waals surface area contributed by atoms with E-state index in [1.165, 1.54) is 29.2 Å². The number of benzene rings is 1. The van der Waals surface area contributed by atoms with Gasteiger partial charge in [-0.3, -0.25) is 14.5 Å². The third kappa shape index (κ3) is 5.88. The fourth-order valence-corrected chi connectivity index (χ4v) is 4.09. The maximum absolute atomic E-state index is 13.4. The summed E-state index contributed by atoms with van der Waals surface area (Å²) in [6.45, 7) is 3.68. The fraction of sp³-hybridized carbons (Fsp3) is 0.458. The highest BCUT2D eigenvalue weighted by atomic mass is 19.1. The summed E-state index contributed by atoms with van der Waals surface area (Å²) in [7, 11) is 1.45. The van der Waals surface area contributed by atoms with Crippen LogP contribution >= 0.6 is 0 Å². The summed E-state index contributed by atoms with van der Waals surface area (Å²) in [5, 5.41) is 5.93. The number of furan rings is 1. The van der Waals surface area contributed by atoms with Crippen LogP contribution in [0.3, 0.4) is 0 Å². The molecule has 182 valence electrons. The minimum Gasteiger partial charge on any atom is -0.467 e.